The van der Waals surface area contributed by atoms with Gasteiger partial charge in [-0.3, -0.25) is 4.99 Å². The van der Waals surface area contributed by atoms with E-state index in [1.165, 1.54) is 11.0 Å². The molecule has 4 nitrogen and oxygen atoms in total. The van der Waals surface area contributed by atoms with Gasteiger partial charge in [0, 0.05) is 42.4 Å². The third-order valence-corrected chi connectivity index (χ3v) is 5.03. The summed E-state index contributed by atoms with van der Waals surface area (Å²) in [5, 5.41) is 7.06. The van der Waals surface area contributed by atoms with Crippen LogP contribution in [-0.4, -0.2) is 43.8 Å². The topological polar surface area (TPSA) is 39.7 Å². The molecule has 1 atom stereocenters. The van der Waals surface area contributed by atoms with E-state index < -0.39 is 0 Å². The molecule has 2 aromatic rings. The molecule has 0 radical (unpaired) electrons. The SMILES string of the molecule is CN=C(NCc1ccc(F)c(CN(C)C)c1)NCC(C)Sc1ccccc1.I. The summed E-state index contributed by atoms with van der Waals surface area (Å²) < 4.78 is 13.9. The largest absolute Gasteiger partial charge is 0.355 e. The fourth-order valence-corrected chi connectivity index (χ4v) is 3.57. The van der Waals surface area contributed by atoms with Gasteiger partial charge in [-0.15, -0.1) is 35.7 Å². The van der Waals surface area contributed by atoms with E-state index in [4.69, 9.17) is 0 Å². The Morgan fingerprint density at radius 1 is 1.14 bits per heavy atom. The summed E-state index contributed by atoms with van der Waals surface area (Å²) in [6.07, 6.45) is 0. The van der Waals surface area contributed by atoms with Gasteiger partial charge in [0.1, 0.15) is 5.82 Å². The van der Waals surface area contributed by atoms with Gasteiger partial charge in [0.05, 0.1) is 0 Å². The molecule has 0 saturated heterocycles. The number of aliphatic imine (C=N–C) groups is 1. The van der Waals surface area contributed by atoms with Gasteiger partial charge in [0.2, 0.25) is 0 Å². The van der Waals surface area contributed by atoms with Crippen molar-refractivity contribution >= 4 is 41.7 Å². The second-order valence-electron chi connectivity index (χ2n) is 6.71. The smallest absolute Gasteiger partial charge is 0.191 e. The highest BCUT2D eigenvalue weighted by Gasteiger charge is 2.08. The van der Waals surface area contributed by atoms with Gasteiger partial charge >= 0.3 is 0 Å². The average Bonchev–Trinajstić information content (AvgIpc) is 2.64. The van der Waals surface area contributed by atoms with Gasteiger partial charge in [-0.05, 0) is 43.9 Å². The van der Waals surface area contributed by atoms with Crippen LogP contribution in [0.25, 0.3) is 0 Å². The van der Waals surface area contributed by atoms with Crippen molar-refractivity contribution in [3.63, 3.8) is 0 Å². The molecular formula is C21H30FIN4S. The number of rotatable bonds is 8. The fourth-order valence-electron chi connectivity index (χ4n) is 2.62. The summed E-state index contributed by atoms with van der Waals surface area (Å²) >= 11 is 1.83. The van der Waals surface area contributed by atoms with Gasteiger partial charge in [0.25, 0.3) is 0 Å². The van der Waals surface area contributed by atoms with Gasteiger partial charge in [-0.1, -0.05) is 31.2 Å². The quantitative estimate of drug-likeness (QED) is 0.237. The first-order valence-corrected chi connectivity index (χ1v) is 9.94. The molecule has 0 aliphatic carbocycles. The van der Waals surface area contributed by atoms with Crippen molar-refractivity contribution in [3.8, 4) is 0 Å². The van der Waals surface area contributed by atoms with Gasteiger partial charge in [-0.2, -0.15) is 0 Å². The van der Waals surface area contributed by atoms with Crippen molar-refractivity contribution in [1.82, 2.24) is 15.5 Å². The van der Waals surface area contributed by atoms with Crippen LogP contribution in [0.15, 0.2) is 58.4 Å². The molecule has 2 rings (SSSR count). The van der Waals surface area contributed by atoms with Crippen molar-refractivity contribution in [1.29, 1.82) is 0 Å². The molecule has 0 aliphatic rings. The zero-order chi connectivity index (χ0) is 19.6. The van der Waals surface area contributed by atoms with Crippen LogP contribution in [0.2, 0.25) is 0 Å². The second kappa shape index (κ2) is 13.0. The van der Waals surface area contributed by atoms with Crippen LogP contribution in [0.3, 0.4) is 0 Å². The highest BCUT2D eigenvalue weighted by molar-refractivity contribution is 14.0. The summed E-state index contributed by atoms with van der Waals surface area (Å²) in [6.45, 7) is 4.17. The standard InChI is InChI=1S/C21H29FN4S.HI/c1-16(27-19-8-6-5-7-9-19)13-24-21(23-2)25-14-17-10-11-20(22)18(12-17)15-26(3)4;/h5-12,16H,13-15H2,1-4H3,(H2,23,24,25);1H. The maximum Gasteiger partial charge on any atom is 0.191 e. The Kier molecular flexibility index (Phi) is 11.5. The van der Waals surface area contributed by atoms with Crippen LogP contribution in [0.4, 0.5) is 4.39 Å². The molecule has 2 aromatic carbocycles. The van der Waals surface area contributed by atoms with Crippen molar-refractivity contribution in [2.45, 2.75) is 30.2 Å². The van der Waals surface area contributed by atoms with E-state index in [2.05, 4.69) is 46.8 Å². The van der Waals surface area contributed by atoms with E-state index in [-0.39, 0.29) is 29.8 Å². The summed E-state index contributed by atoms with van der Waals surface area (Å²) in [5.41, 5.74) is 1.73. The molecule has 0 aliphatic heterocycles. The maximum atomic E-state index is 13.9. The lowest BCUT2D eigenvalue weighted by molar-refractivity contribution is 0.392. The maximum absolute atomic E-state index is 13.9. The normalized spacial score (nSPS) is 12.4. The highest BCUT2D eigenvalue weighted by atomic mass is 127. The number of nitrogens with zero attached hydrogens (tertiary/aromatic N) is 2. The molecular weight excluding hydrogens is 486 g/mol. The molecule has 0 bridgehead atoms. The fraction of sp³-hybridized carbons (Fsp3) is 0.381. The number of halogens is 2. The van der Waals surface area contributed by atoms with Crippen molar-refractivity contribution < 1.29 is 4.39 Å². The Hall–Kier alpha value is -1.32. The lowest BCUT2D eigenvalue weighted by Gasteiger charge is -2.16. The Morgan fingerprint density at radius 2 is 1.86 bits per heavy atom. The summed E-state index contributed by atoms with van der Waals surface area (Å²) in [4.78, 5) is 7.49. The van der Waals surface area contributed by atoms with Crippen molar-refractivity contribution in [2.24, 2.45) is 4.99 Å². The number of nitrogens with one attached hydrogen (secondary N) is 2. The van der Waals surface area contributed by atoms with Crippen LogP contribution in [-0.2, 0) is 13.1 Å². The molecule has 0 aromatic heterocycles. The molecule has 0 fully saturated rings. The predicted octanol–water partition coefficient (Wildman–Crippen LogP) is 4.35. The average molecular weight is 516 g/mol. The minimum absolute atomic E-state index is 0. The molecule has 1 unspecified atom stereocenters. The minimum atomic E-state index is -0.165. The number of hydrogen-bond donors (Lipinski definition) is 2. The minimum Gasteiger partial charge on any atom is -0.355 e. The first kappa shape index (κ1) is 24.7. The van der Waals surface area contributed by atoms with Gasteiger partial charge in [-0.25, -0.2) is 4.39 Å². The monoisotopic (exact) mass is 516 g/mol. The van der Waals surface area contributed by atoms with Crippen LogP contribution >= 0.6 is 35.7 Å². The number of benzene rings is 2. The van der Waals surface area contributed by atoms with Crippen molar-refractivity contribution in [2.75, 3.05) is 27.7 Å². The van der Waals surface area contributed by atoms with Crippen LogP contribution in [0.5, 0.6) is 0 Å². The summed E-state index contributed by atoms with van der Waals surface area (Å²) in [7, 11) is 5.63. The van der Waals surface area contributed by atoms with E-state index in [0.29, 0.717) is 23.9 Å². The molecule has 7 heteroatoms. The lowest BCUT2D eigenvalue weighted by atomic mass is 10.1. The molecule has 154 valence electrons. The molecule has 0 heterocycles. The molecule has 0 saturated carbocycles. The Balaban J connectivity index is 0.00000392. The third kappa shape index (κ3) is 8.79. The first-order chi connectivity index (χ1) is 13.0. The third-order valence-electron chi connectivity index (χ3n) is 3.92. The van der Waals surface area contributed by atoms with E-state index >= 15 is 0 Å². The summed E-state index contributed by atoms with van der Waals surface area (Å²) in [5.74, 6) is 0.579. The number of thioether (sulfide) groups is 1. The van der Waals surface area contributed by atoms with E-state index in [9.17, 15) is 4.39 Å². The molecule has 28 heavy (non-hydrogen) atoms. The Labute approximate surface area is 189 Å². The van der Waals surface area contributed by atoms with Gasteiger partial charge in [0.15, 0.2) is 5.96 Å². The molecule has 2 N–H and O–H groups in total. The van der Waals surface area contributed by atoms with E-state index in [0.717, 1.165) is 18.1 Å². The van der Waals surface area contributed by atoms with E-state index in [1.807, 2.05) is 49.0 Å². The summed E-state index contributed by atoms with van der Waals surface area (Å²) in [6, 6.07) is 15.6. The zero-order valence-corrected chi connectivity index (χ0v) is 20.1. The number of guanidine groups is 1. The molecule has 0 spiro atoms. The molecule has 0 amide bonds. The van der Waals surface area contributed by atoms with Gasteiger partial charge < -0.3 is 15.5 Å². The first-order valence-electron chi connectivity index (χ1n) is 9.06. The highest BCUT2D eigenvalue weighted by Crippen LogP contribution is 2.21. The Morgan fingerprint density at radius 3 is 2.50 bits per heavy atom. The second-order valence-corrected chi connectivity index (χ2v) is 8.22. The van der Waals surface area contributed by atoms with E-state index in [1.54, 1.807) is 7.05 Å². The van der Waals surface area contributed by atoms with Crippen LogP contribution < -0.4 is 10.6 Å². The Bertz CT molecular complexity index is 740. The van der Waals surface area contributed by atoms with Crippen molar-refractivity contribution in [3.05, 3.63) is 65.5 Å². The zero-order valence-electron chi connectivity index (χ0n) is 16.9. The predicted molar refractivity (Wildman–Crippen MR) is 129 cm³/mol. The number of hydrogen-bond acceptors (Lipinski definition) is 3. The van der Waals surface area contributed by atoms with Crippen LogP contribution in [0, 0.1) is 5.82 Å². The van der Waals surface area contributed by atoms with Crippen LogP contribution in [0.1, 0.15) is 18.1 Å². The lowest BCUT2D eigenvalue weighted by Crippen LogP contribution is -2.39.